The number of nitrogens with one attached hydrogen (secondary N) is 1. The normalized spacial score (nSPS) is 10.6. The highest BCUT2D eigenvalue weighted by molar-refractivity contribution is 5.87. The number of rotatable bonds is 5. The summed E-state index contributed by atoms with van der Waals surface area (Å²) in [6.07, 6.45) is 0. The fraction of sp³-hybridized carbons (Fsp3) is 0.222. The number of nitrogens with zero attached hydrogens (tertiary/aromatic N) is 2. The third-order valence-electron chi connectivity index (χ3n) is 4.20. The number of aryl methyl sites for hydroxylation is 2. The third kappa shape index (κ3) is 3.75. The summed E-state index contributed by atoms with van der Waals surface area (Å²) in [5.74, 6) is -0.920. The number of carbonyl (C=O) groups is 1. The third-order valence-corrected chi connectivity index (χ3v) is 4.20. The highest BCUT2D eigenvalue weighted by atomic mass is 35.5. The molecule has 0 bridgehead atoms. The van der Waals surface area contributed by atoms with Gasteiger partial charge in [0.1, 0.15) is 0 Å². The van der Waals surface area contributed by atoms with Crippen molar-refractivity contribution in [2.45, 2.75) is 13.1 Å². The maximum atomic E-state index is 11.9. The SMILES string of the molecule is Cn1c(=O)n(C)c2cc(CNCc3ccc(C(=O)O)cc3)ccc21.[Cl-]. The molecule has 6 nitrogen and oxygen atoms in total. The first-order chi connectivity index (χ1) is 11.5. The van der Waals surface area contributed by atoms with Crippen LogP contribution in [0.25, 0.3) is 11.0 Å². The number of hydrogen-bond acceptors (Lipinski definition) is 3. The summed E-state index contributed by atoms with van der Waals surface area (Å²) in [7, 11) is 3.54. The first kappa shape index (κ1) is 18.8. The highest BCUT2D eigenvalue weighted by Crippen LogP contribution is 2.14. The van der Waals surface area contributed by atoms with Crippen LogP contribution < -0.4 is 23.4 Å². The number of aromatic nitrogens is 2. The van der Waals surface area contributed by atoms with Crippen molar-refractivity contribution in [1.29, 1.82) is 0 Å². The van der Waals surface area contributed by atoms with Gasteiger partial charge in [0, 0.05) is 27.2 Å². The smallest absolute Gasteiger partial charge is 0.335 e. The Labute approximate surface area is 151 Å². The van der Waals surface area contributed by atoms with Gasteiger partial charge in [-0.15, -0.1) is 0 Å². The molecule has 0 radical (unpaired) electrons. The molecule has 132 valence electrons. The van der Waals surface area contributed by atoms with Gasteiger partial charge in [-0.3, -0.25) is 9.13 Å². The van der Waals surface area contributed by atoms with E-state index in [1.807, 2.05) is 18.2 Å². The molecule has 0 unspecified atom stereocenters. The van der Waals surface area contributed by atoms with Crippen LogP contribution in [-0.4, -0.2) is 20.2 Å². The summed E-state index contributed by atoms with van der Waals surface area (Å²) in [6, 6.07) is 12.8. The molecule has 2 N–H and O–H groups in total. The minimum atomic E-state index is -0.920. The van der Waals surface area contributed by atoms with Crippen molar-refractivity contribution in [3.63, 3.8) is 0 Å². The molecule has 3 aromatic rings. The van der Waals surface area contributed by atoms with Gasteiger partial charge < -0.3 is 22.8 Å². The predicted octanol–water partition coefficient (Wildman–Crippen LogP) is -1.13. The van der Waals surface area contributed by atoms with Gasteiger partial charge in [-0.25, -0.2) is 9.59 Å². The molecule has 0 aliphatic rings. The van der Waals surface area contributed by atoms with Crippen molar-refractivity contribution in [1.82, 2.24) is 14.5 Å². The van der Waals surface area contributed by atoms with Crippen molar-refractivity contribution in [2.24, 2.45) is 14.1 Å². The van der Waals surface area contributed by atoms with Crippen LogP contribution in [0.5, 0.6) is 0 Å². The average Bonchev–Trinajstić information content (AvgIpc) is 2.80. The van der Waals surface area contributed by atoms with Crippen LogP contribution in [0.15, 0.2) is 47.3 Å². The van der Waals surface area contributed by atoms with E-state index in [2.05, 4.69) is 5.32 Å². The fourth-order valence-electron chi connectivity index (χ4n) is 2.78. The molecule has 7 heteroatoms. The van der Waals surface area contributed by atoms with E-state index in [4.69, 9.17) is 5.11 Å². The number of carboxylic acid groups (broad SMARTS) is 1. The molecular formula is C18H19ClN3O3-. The Morgan fingerprint density at radius 2 is 1.52 bits per heavy atom. The lowest BCUT2D eigenvalue weighted by Crippen LogP contribution is -3.00. The summed E-state index contributed by atoms with van der Waals surface area (Å²) in [5.41, 5.74) is 4.19. The van der Waals surface area contributed by atoms with Gasteiger partial charge in [-0.05, 0) is 35.4 Å². The molecule has 3 rings (SSSR count). The first-order valence-electron chi connectivity index (χ1n) is 7.64. The van der Waals surface area contributed by atoms with E-state index in [-0.39, 0.29) is 23.7 Å². The van der Waals surface area contributed by atoms with Crippen LogP contribution in [-0.2, 0) is 27.2 Å². The molecule has 0 atom stereocenters. The van der Waals surface area contributed by atoms with E-state index in [1.54, 1.807) is 47.5 Å². The second-order valence-electron chi connectivity index (χ2n) is 5.83. The zero-order chi connectivity index (χ0) is 17.3. The fourth-order valence-corrected chi connectivity index (χ4v) is 2.78. The maximum absolute atomic E-state index is 11.9. The van der Waals surface area contributed by atoms with E-state index >= 15 is 0 Å². The van der Waals surface area contributed by atoms with E-state index in [0.717, 1.165) is 22.2 Å². The topological polar surface area (TPSA) is 76.3 Å². The molecule has 1 aromatic heterocycles. The molecule has 0 amide bonds. The van der Waals surface area contributed by atoms with Gasteiger partial charge in [-0.2, -0.15) is 0 Å². The molecule has 0 saturated carbocycles. The molecule has 0 aliphatic heterocycles. The lowest BCUT2D eigenvalue weighted by atomic mass is 10.1. The first-order valence-corrected chi connectivity index (χ1v) is 7.64. The van der Waals surface area contributed by atoms with Gasteiger partial charge >= 0.3 is 11.7 Å². The minimum Gasteiger partial charge on any atom is -1.00 e. The van der Waals surface area contributed by atoms with E-state index in [9.17, 15) is 9.59 Å². The van der Waals surface area contributed by atoms with Crippen LogP contribution in [0.1, 0.15) is 21.5 Å². The molecule has 2 aromatic carbocycles. The Kier molecular flexibility index (Phi) is 5.66. The van der Waals surface area contributed by atoms with Crippen molar-refractivity contribution in [2.75, 3.05) is 0 Å². The van der Waals surface area contributed by atoms with Crippen molar-refractivity contribution in [3.05, 3.63) is 69.6 Å². The standard InChI is InChI=1S/C18H19N3O3.ClH/c1-20-15-8-5-13(9-16(15)21(2)18(20)24)11-19-10-12-3-6-14(7-4-12)17(22)23;/h3-9,19H,10-11H2,1-2H3,(H,22,23);1H/p-1. The second-order valence-corrected chi connectivity index (χ2v) is 5.83. The van der Waals surface area contributed by atoms with Gasteiger partial charge in [-0.1, -0.05) is 18.2 Å². The maximum Gasteiger partial charge on any atom is 0.335 e. The lowest BCUT2D eigenvalue weighted by Gasteiger charge is -2.06. The molecular weight excluding hydrogens is 342 g/mol. The summed E-state index contributed by atoms with van der Waals surface area (Å²) in [5, 5.41) is 12.2. The molecule has 0 fully saturated rings. The number of carboxylic acids is 1. The van der Waals surface area contributed by atoms with Crippen molar-refractivity contribution in [3.8, 4) is 0 Å². The van der Waals surface area contributed by atoms with Gasteiger partial charge in [0.25, 0.3) is 0 Å². The lowest BCUT2D eigenvalue weighted by molar-refractivity contribution is -0.0000205. The molecule has 0 spiro atoms. The van der Waals surface area contributed by atoms with Gasteiger partial charge in [0.15, 0.2) is 0 Å². The van der Waals surface area contributed by atoms with Crippen LogP contribution >= 0.6 is 0 Å². The van der Waals surface area contributed by atoms with Crippen LogP contribution in [0, 0.1) is 0 Å². The zero-order valence-electron chi connectivity index (χ0n) is 14.0. The molecule has 25 heavy (non-hydrogen) atoms. The predicted molar refractivity (Wildman–Crippen MR) is 92.1 cm³/mol. The van der Waals surface area contributed by atoms with E-state index in [0.29, 0.717) is 13.1 Å². The van der Waals surface area contributed by atoms with Crippen LogP contribution in [0.4, 0.5) is 0 Å². The van der Waals surface area contributed by atoms with Crippen molar-refractivity contribution >= 4 is 17.0 Å². The summed E-state index contributed by atoms with van der Waals surface area (Å²) < 4.78 is 3.28. The number of aromatic carboxylic acids is 1. The second kappa shape index (κ2) is 7.55. The number of halogens is 1. The highest BCUT2D eigenvalue weighted by Gasteiger charge is 2.08. The summed E-state index contributed by atoms with van der Waals surface area (Å²) in [6.45, 7) is 1.31. The largest absolute Gasteiger partial charge is 1.00 e. The minimum absolute atomic E-state index is 0. The Hall–Kier alpha value is -2.57. The Morgan fingerprint density at radius 1 is 0.960 bits per heavy atom. The quantitative estimate of drug-likeness (QED) is 0.603. The number of imidazole rings is 1. The number of fused-ring (bicyclic) bond motifs is 1. The molecule has 0 aliphatic carbocycles. The average molecular weight is 361 g/mol. The van der Waals surface area contributed by atoms with Crippen LogP contribution in [0.2, 0.25) is 0 Å². The Bertz CT molecular complexity index is 958. The summed E-state index contributed by atoms with van der Waals surface area (Å²) >= 11 is 0. The molecule has 0 saturated heterocycles. The number of benzene rings is 2. The van der Waals surface area contributed by atoms with E-state index in [1.165, 1.54) is 0 Å². The zero-order valence-corrected chi connectivity index (χ0v) is 14.7. The summed E-state index contributed by atoms with van der Waals surface area (Å²) in [4.78, 5) is 22.8. The van der Waals surface area contributed by atoms with Gasteiger partial charge in [0.2, 0.25) is 0 Å². The van der Waals surface area contributed by atoms with Crippen LogP contribution in [0.3, 0.4) is 0 Å². The number of hydrogen-bond donors (Lipinski definition) is 2. The van der Waals surface area contributed by atoms with Crippen molar-refractivity contribution < 1.29 is 22.3 Å². The Balaban J connectivity index is 0.00000225. The molecule has 1 heterocycles. The van der Waals surface area contributed by atoms with E-state index < -0.39 is 5.97 Å². The monoisotopic (exact) mass is 360 g/mol. The Morgan fingerprint density at radius 3 is 2.16 bits per heavy atom. The van der Waals surface area contributed by atoms with Gasteiger partial charge in [0.05, 0.1) is 16.6 Å².